The molecule has 5 heteroatoms. The van der Waals surface area contributed by atoms with Gasteiger partial charge in [0.1, 0.15) is 0 Å². The van der Waals surface area contributed by atoms with Crippen molar-refractivity contribution in [1.29, 1.82) is 0 Å². The molecule has 0 bridgehead atoms. The van der Waals surface area contributed by atoms with Crippen molar-refractivity contribution < 1.29 is 9.53 Å². The molecule has 0 saturated heterocycles. The fourth-order valence-corrected chi connectivity index (χ4v) is 1.62. The van der Waals surface area contributed by atoms with E-state index in [1.54, 1.807) is 24.3 Å². The average Bonchev–Trinajstić information content (AvgIpc) is 2.39. The number of hydrogen-bond acceptors (Lipinski definition) is 4. The summed E-state index contributed by atoms with van der Waals surface area (Å²) in [5.41, 5.74) is 6.83. The van der Waals surface area contributed by atoms with E-state index >= 15 is 0 Å². The molecule has 0 unspecified atom stereocenters. The molecule has 0 aliphatic rings. The third-order valence-corrected chi connectivity index (χ3v) is 2.53. The van der Waals surface area contributed by atoms with Gasteiger partial charge in [0.05, 0.1) is 24.0 Å². The molecule has 0 spiro atoms. The van der Waals surface area contributed by atoms with Gasteiger partial charge in [0.15, 0.2) is 0 Å². The van der Waals surface area contributed by atoms with Crippen molar-refractivity contribution in [3.05, 3.63) is 58.5 Å². The maximum Gasteiger partial charge on any atom is 0.339 e. The lowest BCUT2D eigenvalue weighted by atomic mass is 10.2. The third-order valence-electron chi connectivity index (χ3n) is 2.53. The van der Waals surface area contributed by atoms with E-state index in [0.29, 0.717) is 16.9 Å². The average molecular weight is 244 g/mol. The number of esters is 1. The predicted octanol–water partition coefficient (Wildman–Crippen LogP) is 1.21. The normalized spacial score (nSPS) is 10.1. The molecule has 5 nitrogen and oxygen atoms in total. The molecule has 2 N–H and O–H groups in total. The number of nitrogens with two attached hydrogens (primary N) is 1. The zero-order valence-electron chi connectivity index (χ0n) is 9.79. The lowest BCUT2D eigenvalue weighted by Gasteiger charge is -2.09. The quantitative estimate of drug-likeness (QED) is 0.636. The van der Waals surface area contributed by atoms with Crippen molar-refractivity contribution in [3.63, 3.8) is 0 Å². The molecule has 0 amide bonds. The molecule has 0 atom stereocenters. The summed E-state index contributed by atoms with van der Waals surface area (Å²) < 4.78 is 5.93. The van der Waals surface area contributed by atoms with Crippen LogP contribution in [0.15, 0.2) is 47.4 Å². The number of pyridine rings is 1. The van der Waals surface area contributed by atoms with Crippen LogP contribution in [0, 0.1) is 0 Å². The molecular weight excluding hydrogens is 232 g/mol. The van der Waals surface area contributed by atoms with Gasteiger partial charge in [-0.25, -0.2) is 4.79 Å². The van der Waals surface area contributed by atoms with Crippen molar-refractivity contribution in [2.24, 2.45) is 0 Å². The number of aromatic nitrogens is 1. The number of nitrogens with zero attached hydrogens (tertiary/aromatic N) is 1. The Labute approximate surface area is 103 Å². The van der Waals surface area contributed by atoms with Gasteiger partial charge in [-0.3, -0.25) is 9.36 Å². The molecular formula is C13H12N2O3. The van der Waals surface area contributed by atoms with Gasteiger partial charge in [-0.05, 0) is 18.2 Å². The van der Waals surface area contributed by atoms with Crippen LogP contribution in [-0.2, 0) is 4.74 Å². The largest absolute Gasteiger partial charge is 0.465 e. The summed E-state index contributed by atoms with van der Waals surface area (Å²) >= 11 is 0. The van der Waals surface area contributed by atoms with Gasteiger partial charge in [0.2, 0.25) is 0 Å². The van der Waals surface area contributed by atoms with Crippen LogP contribution >= 0.6 is 0 Å². The minimum absolute atomic E-state index is 0.263. The number of rotatable bonds is 2. The number of para-hydroxylation sites is 2. The number of benzene rings is 1. The zero-order valence-corrected chi connectivity index (χ0v) is 9.79. The molecule has 0 saturated carbocycles. The van der Waals surface area contributed by atoms with Gasteiger partial charge in [-0.2, -0.15) is 0 Å². The Bertz CT molecular complexity index is 647. The Balaban J connectivity index is 2.61. The summed E-state index contributed by atoms with van der Waals surface area (Å²) in [7, 11) is 1.29. The lowest BCUT2D eigenvalue weighted by molar-refractivity contribution is 0.0600. The molecule has 0 aliphatic heterocycles. The number of nitrogen functional groups attached to an aromatic ring is 1. The van der Waals surface area contributed by atoms with E-state index in [1.165, 1.54) is 30.0 Å². The maximum atomic E-state index is 11.8. The Morgan fingerprint density at radius 3 is 2.61 bits per heavy atom. The Kier molecular flexibility index (Phi) is 3.14. The third kappa shape index (κ3) is 2.10. The van der Waals surface area contributed by atoms with Crippen molar-refractivity contribution >= 4 is 11.7 Å². The van der Waals surface area contributed by atoms with Crippen molar-refractivity contribution in [1.82, 2.24) is 4.57 Å². The molecule has 92 valence electrons. The molecule has 1 heterocycles. The van der Waals surface area contributed by atoms with Gasteiger partial charge in [-0.1, -0.05) is 12.1 Å². The van der Waals surface area contributed by atoms with Crippen molar-refractivity contribution in [3.8, 4) is 5.69 Å². The van der Waals surface area contributed by atoms with Gasteiger partial charge < -0.3 is 10.5 Å². The number of methoxy groups -OCH3 is 1. The van der Waals surface area contributed by atoms with E-state index in [4.69, 9.17) is 5.73 Å². The Hall–Kier alpha value is -2.56. The number of hydrogen-bond donors (Lipinski definition) is 1. The highest BCUT2D eigenvalue weighted by atomic mass is 16.5. The number of carbonyl (C=O) groups is 1. The predicted molar refractivity (Wildman–Crippen MR) is 67.8 cm³/mol. The second kappa shape index (κ2) is 4.75. The number of carbonyl (C=O) groups excluding carboxylic acids is 1. The van der Waals surface area contributed by atoms with Crippen LogP contribution in [0.25, 0.3) is 5.69 Å². The first-order valence-corrected chi connectivity index (χ1v) is 5.29. The van der Waals surface area contributed by atoms with E-state index in [0.717, 1.165) is 0 Å². The van der Waals surface area contributed by atoms with Gasteiger partial charge in [-0.15, -0.1) is 0 Å². The van der Waals surface area contributed by atoms with Gasteiger partial charge in [0, 0.05) is 12.3 Å². The zero-order chi connectivity index (χ0) is 13.1. The smallest absolute Gasteiger partial charge is 0.339 e. The van der Waals surface area contributed by atoms with Crippen LogP contribution in [-0.4, -0.2) is 17.6 Å². The summed E-state index contributed by atoms with van der Waals surface area (Å²) in [4.78, 5) is 23.2. The Morgan fingerprint density at radius 2 is 1.94 bits per heavy atom. The standard InChI is InChI=1S/C13H12N2O3/c1-18-13(17)9-6-7-12(16)15(8-9)11-5-3-2-4-10(11)14/h2-8H,14H2,1H3. The first-order chi connectivity index (χ1) is 8.63. The SMILES string of the molecule is COC(=O)c1ccc(=O)n(-c2ccccc2N)c1. The molecule has 0 radical (unpaired) electrons. The number of ether oxygens (including phenoxy) is 1. The van der Waals surface area contributed by atoms with E-state index in [1.807, 2.05) is 0 Å². The molecule has 2 rings (SSSR count). The van der Waals surface area contributed by atoms with Crippen LogP contribution in [0.2, 0.25) is 0 Å². The highest BCUT2D eigenvalue weighted by Crippen LogP contribution is 2.14. The summed E-state index contributed by atoms with van der Waals surface area (Å²) in [5.74, 6) is -0.502. The molecule has 0 fully saturated rings. The van der Waals surface area contributed by atoms with Crippen LogP contribution in [0.3, 0.4) is 0 Å². The highest BCUT2D eigenvalue weighted by Gasteiger charge is 2.09. The molecule has 2 aromatic rings. The van der Waals surface area contributed by atoms with E-state index in [2.05, 4.69) is 4.74 Å². The minimum Gasteiger partial charge on any atom is -0.465 e. The molecule has 18 heavy (non-hydrogen) atoms. The maximum absolute atomic E-state index is 11.8. The van der Waals surface area contributed by atoms with E-state index < -0.39 is 5.97 Å². The van der Waals surface area contributed by atoms with E-state index in [9.17, 15) is 9.59 Å². The van der Waals surface area contributed by atoms with Gasteiger partial charge >= 0.3 is 5.97 Å². The topological polar surface area (TPSA) is 74.3 Å². The van der Waals surface area contributed by atoms with Crippen molar-refractivity contribution in [2.45, 2.75) is 0 Å². The monoisotopic (exact) mass is 244 g/mol. The van der Waals surface area contributed by atoms with Crippen LogP contribution in [0.4, 0.5) is 5.69 Å². The van der Waals surface area contributed by atoms with Crippen LogP contribution < -0.4 is 11.3 Å². The minimum atomic E-state index is -0.502. The molecule has 1 aromatic heterocycles. The van der Waals surface area contributed by atoms with E-state index in [-0.39, 0.29) is 5.56 Å². The highest BCUT2D eigenvalue weighted by molar-refractivity contribution is 5.89. The summed E-state index contributed by atoms with van der Waals surface area (Å²) in [6.45, 7) is 0. The van der Waals surface area contributed by atoms with Crippen LogP contribution in [0.5, 0.6) is 0 Å². The summed E-state index contributed by atoms with van der Waals surface area (Å²) in [6.07, 6.45) is 1.42. The molecule has 0 aliphatic carbocycles. The summed E-state index contributed by atoms with van der Waals surface area (Å²) in [6, 6.07) is 9.66. The fraction of sp³-hybridized carbons (Fsp3) is 0.0769. The first-order valence-electron chi connectivity index (χ1n) is 5.29. The van der Waals surface area contributed by atoms with Crippen LogP contribution in [0.1, 0.15) is 10.4 Å². The Morgan fingerprint density at radius 1 is 1.22 bits per heavy atom. The second-order valence-electron chi connectivity index (χ2n) is 3.68. The fourth-order valence-electron chi connectivity index (χ4n) is 1.62. The first kappa shape index (κ1) is 11.9. The summed E-state index contributed by atoms with van der Waals surface area (Å²) in [5, 5.41) is 0. The van der Waals surface area contributed by atoms with Crippen molar-refractivity contribution in [2.75, 3.05) is 12.8 Å². The number of anilines is 1. The van der Waals surface area contributed by atoms with Gasteiger partial charge in [0.25, 0.3) is 5.56 Å². The second-order valence-corrected chi connectivity index (χ2v) is 3.68. The lowest BCUT2D eigenvalue weighted by Crippen LogP contribution is -2.19. The molecule has 1 aromatic carbocycles.